The van der Waals surface area contributed by atoms with Crippen molar-refractivity contribution in [1.82, 2.24) is 29.8 Å². The van der Waals surface area contributed by atoms with Gasteiger partial charge >= 0.3 is 12.1 Å². The molecule has 3 aromatic heterocycles. The van der Waals surface area contributed by atoms with Gasteiger partial charge in [-0.15, -0.1) is 15.3 Å². The molecule has 2 aliphatic heterocycles. The molecule has 176 valence electrons. The summed E-state index contributed by atoms with van der Waals surface area (Å²) in [5.74, 6) is -1.27. The number of carbonyl (C=O) groups is 1. The Morgan fingerprint density at radius 3 is 2.76 bits per heavy atom. The van der Waals surface area contributed by atoms with E-state index in [1.165, 1.54) is 0 Å². The van der Waals surface area contributed by atoms with Gasteiger partial charge in [0.2, 0.25) is 5.88 Å². The van der Waals surface area contributed by atoms with Crippen LogP contribution in [0.3, 0.4) is 0 Å². The number of nitrogens with zero attached hydrogens (tertiary/aromatic N) is 7. The molecule has 0 bridgehead atoms. The van der Waals surface area contributed by atoms with Crippen molar-refractivity contribution in [2.24, 2.45) is 0 Å². The lowest BCUT2D eigenvalue weighted by atomic mass is 9.84. The van der Waals surface area contributed by atoms with Crippen molar-refractivity contribution in [2.75, 3.05) is 24.6 Å². The van der Waals surface area contributed by atoms with Gasteiger partial charge in [-0.2, -0.15) is 17.7 Å². The lowest BCUT2D eigenvalue weighted by Crippen LogP contribution is -2.66. The first-order chi connectivity index (χ1) is 15.6. The molecule has 0 amide bonds. The van der Waals surface area contributed by atoms with Crippen LogP contribution in [0.15, 0.2) is 30.9 Å². The second-order valence-corrected chi connectivity index (χ2v) is 7.75. The third-order valence-corrected chi connectivity index (χ3v) is 5.14. The largest absolute Gasteiger partial charge is 0.490 e. The van der Waals surface area contributed by atoms with E-state index >= 15 is 0 Å². The van der Waals surface area contributed by atoms with Crippen LogP contribution in [0.4, 0.5) is 19.0 Å². The van der Waals surface area contributed by atoms with Crippen molar-refractivity contribution in [2.45, 2.75) is 37.6 Å². The van der Waals surface area contributed by atoms with Crippen LogP contribution in [-0.2, 0) is 9.53 Å². The Morgan fingerprint density at radius 2 is 2.06 bits per heavy atom. The zero-order valence-corrected chi connectivity index (χ0v) is 17.4. The summed E-state index contributed by atoms with van der Waals surface area (Å²) >= 11 is 0. The van der Waals surface area contributed by atoms with Crippen molar-refractivity contribution < 1.29 is 32.5 Å². The summed E-state index contributed by atoms with van der Waals surface area (Å²) in [6.45, 7) is 4.20. The number of aryl methyl sites for hydroxylation is 1. The van der Waals surface area contributed by atoms with Crippen molar-refractivity contribution in [3.63, 3.8) is 0 Å². The first-order valence-electron chi connectivity index (χ1n) is 9.95. The number of carboxylic acids is 1. The number of ether oxygens (including phenoxy) is 2. The molecule has 0 aromatic carbocycles. The highest BCUT2D eigenvalue weighted by Crippen LogP contribution is 2.37. The first kappa shape index (κ1) is 22.6. The highest BCUT2D eigenvalue weighted by molar-refractivity contribution is 5.73. The van der Waals surface area contributed by atoms with Gasteiger partial charge < -0.3 is 19.5 Å². The molecule has 1 N–H and O–H groups in total. The monoisotopic (exact) mass is 467 g/mol. The predicted molar refractivity (Wildman–Crippen MR) is 106 cm³/mol. The van der Waals surface area contributed by atoms with E-state index in [1.807, 2.05) is 19.1 Å². The van der Waals surface area contributed by atoms with Crippen molar-refractivity contribution in [3.8, 4) is 5.88 Å². The predicted octanol–water partition coefficient (Wildman–Crippen LogP) is 1.67. The minimum atomic E-state index is -5.08. The van der Waals surface area contributed by atoms with Crippen LogP contribution >= 0.6 is 0 Å². The average Bonchev–Trinajstić information content (AvgIpc) is 3.20. The number of hydrogen-bond donors (Lipinski definition) is 1. The topological polar surface area (TPSA) is 128 Å². The third-order valence-electron chi connectivity index (χ3n) is 5.14. The highest BCUT2D eigenvalue weighted by atomic mass is 19.4. The molecule has 1 unspecified atom stereocenters. The summed E-state index contributed by atoms with van der Waals surface area (Å²) in [6, 6.07) is 3.89. The number of hydrogen-bond acceptors (Lipinski definition) is 9. The summed E-state index contributed by atoms with van der Waals surface area (Å²) < 4.78 is 45.6. The molecule has 2 aliphatic rings. The first-order valence-corrected chi connectivity index (χ1v) is 9.95. The molecule has 0 saturated carbocycles. The van der Waals surface area contributed by atoms with Gasteiger partial charge in [-0.05, 0) is 19.1 Å². The number of carboxylic acid groups (broad SMARTS) is 1. The van der Waals surface area contributed by atoms with Crippen molar-refractivity contribution >= 4 is 17.4 Å². The number of anilines is 1. The molecule has 0 aliphatic carbocycles. The third kappa shape index (κ3) is 5.27. The van der Waals surface area contributed by atoms with Crippen LogP contribution < -0.4 is 9.64 Å². The van der Waals surface area contributed by atoms with E-state index in [9.17, 15) is 13.2 Å². The molecule has 2 saturated heterocycles. The van der Waals surface area contributed by atoms with Gasteiger partial charge in [-0.3, -0.25) is 4.98 Å². The molecular formula is C19H20F3N7O4. The maximum atomic E-state index is 10.6. The second-order valence-electron chi connectivity index (χ2n) is 7.75. The number of aromatic nitrogens is 6. The fourth-order valence-corrected chi connectivity index (χ4v) is 3.67. The number of halogens is 3. The van der Waals surface area contributed by atoms with E-state index in [2.05, 4.69) is 30.2 Å². The summed E-state index contributed by atoms with van der Waals surface area (Å²) in [5.41, 5.74) is 1.42. The minimum Gasteiger partial charge on any atom is -0.475 e. The summed E-state index contributed by atoms with van der Waals surface area (Å²) in [4.78, 5) is 19.6. The van der Waals surface area contributed by atoms with Crippen LogP contribution in [0.5, 0.6) is 5.88 Å². The molecule has 5 heterocycles. The Morgan fingerprint density at radius 1 is 1.30 bits per heavy atom. The van der Waals surface area contributed by atoms with Gasteiger partial charge in [0.15, 0.2) is 5.65 Å². The Labute approximate surface area is 185 Å². The fraction of sp³-hybridized carbons (Fsp3) is 0.474. The highest BCUT2D eigenvalue weighted by Gasteiger charge is 2.49. The number of fused-ring (bicyclic) bond motifs is 1. The molecule has 11 nitrogen and oxygen atoms in total. The Kier molecular flexibility index (Phi) is 6.01. The molecule has 3 aromatic rings. The molecule has 1 atom stereocenters. The zero-order chi connectivity index (χ0) is 23.6. The van der Waals surface area contributed by atoms with E-state index < -0.39 is 12.1 Å². The SMILES string of the molecule is Cc1cncc(OC2CCOC3(C2)CN(c2ccc4nncn4n2)C3)n1.O=C(O)C(F)(F)F. The number of rotatable bonds is 3. The Balaban J connectivity index is 0.000000325. The van der Waals surface area contributed by atoms with E-state index in [1.54, 1.807) is 23.2 Å². The quantitative estimate of drug-likeness (QED) is 0.608. The lowest BCUT2D eigenvalue weighted by molar-refractivity contribution is -0.192. The van der Waals surface area contributed by atoms with E-state index in [0.29, 0.717) is 12.5 Å². The molecule has 2 fully saturated rings. The van der Waals surface area contributed by atoms with Crippen molar-refractivity contribution in [1.29, 1.82) is 0 Å². The molecule has 14 heteroatoms. The zero-order valence-electron chi connectivity index (χ0n) is 17.4. The van der Waals surface area contributed by atoms with Crippen molar-refractivity contribution in [3.05, 3.63) is 36.5 Å². The van der Waals surface area contributed by atoms with E-state index in [4.69, 9.17) is 19.4 Å². The smallest absolute Gasteiger partial charge is 0.475 e. The maximum absolute atomic E-state index is 10.6. The lowest BCUT2D eigenvalue weighted by Gasteiger charge is -2.53. The normalized spacial score (nSPS) is 19.5. The van der Waals surface area contributed by atoms with E-state index in [0.717, 1.165) is 43.1 Å². The standard InChI is InChI=1S/C17H19N7O2.C2HF3O2/c1-12-7-18-8-16(20-12)26-13-4-5-25-17(6-13)9-23(10-17)15-3-2-14-21-19-11-24(14)22-15;3-2(4,5)1(6)7/h2-3,7-8,11,13H,4-6,9-10H2,1H3;(H,6,7). The molecule has 0 radical (unpaired) electrons. The molecule has 33 heavy (non-hydrogen) atoms. The summed E-state index contributed by atoms with van der Waals surface area (Å²) in [5, 5.41) is 19.5. The Bertz CT molecular complexity index is 1130. The molecular weight excluding hydrogens is 447 g/mol. The van der Waals surface area contributed by atoms with Crippen LogP contribution in [0, 0.1) is 6.92 Å². The van der Waals surface area contributed by atoms with Gasteiger partial charge in [0.25, 0.3) is 0 Å². The maximum Gasteiger partial charge on any atom is 0.490 e. The van der Waals surface area contributed by atoms with Gasteiger partial charge in [0.1, 0.15) is 23.9 Å². The number of aliphatic carboxylic acids is 1. The minimum absolute atomic E-state index is 0.0929. The van der Waals surface area contributed by atoms with Gasteiger partial charge in [0.05, 0.1) is 31.6 Å². The van der Waals surface area contributed by atoms with Gasteiger partial charge in [0, 0.05) is 19.0 Å². The molecule has 1 spiro atoms. The second kappa shape index (κ2) is 8.77. The summed E-state index contributed by atoms with van der Waals surface area (Å²) in [7, 11) is 0. The van der Waals surface area contributed by atoms with Crippen LogP contribution in [0.2, 0.25) is 0 Å². The Hall–Kier alpha value is -3.55. The van der Waals surface area contributed by atoms with Gasteiger partial charge in [-0.25, -0.2) is 9.78 Å². The van der Waals surface area contributed by atoms with E-state index in [-0.39, 0.29) is 11.7 Å². The molecule has 5 rings (SSSR count). The van der Waals surface area contributed by atoms with Crippen LogP contribution in [0.1, 0.15) is 18.5 Å². The van der Waals surface area contributed by atoms with Gasteiger partial charge in [-0.1, -0.05) is 0 Å². The number of alkyl halides is 3. The van der Waals surface area contributed by atoms with Crippen LogP contribution in [-0.4, -0.2) is 78.4 Å². The average molecular weight is 467 g/mol. The summed E-state index contributed by atoms with van der Waals surface area (Å²) in [6.07, 6.45) is 1.71. The fourth-order valence-electron chi connectivity index (χ4n) is 3.67. The van der Waals surface area contributed by atoms with Crippen LogP contribution in [0.25, 0.3) is 5.65 Å².